The van der Waals surface area contributed by atoms with Gasteiger partial charge in [0.2, 0.25) is 5.91 Å². The fourth-order valence-corrected chi connectivity index (χ4v) is 3.83. The van der Waals surface area contributed by atoms with Gasteiger partial charge in [-0.2, -0.15) is 0 Å². The number of likely N-dealkylation sites (N-methyl/N-ethyl adjacent to an activating group) is 1. The summed E-state index contributed by atoms with van der Waals surface area (Å²) in [6.07, 6.45) is 2.01. The molecule has 2 saturated heterocycles. The lowest BCUT2D eigenvalue weighted by Gasteiger charge is -2.49. The lowest BCUT2D eigenvalue weighted by atomic mass is 9.86. The zero-order valence-corrected chi connectivity index (χ0v) is 15.2. The van der Waals surface area contributed by atoms with Crippen molar-refractivity contribution in [1.29, 1.82) is 0 Å². The SMILES string of the molecule is Cc1ccc(C(=O)N2CCN(C)[C@]3(CCNC(=O)CC3)C2)c(=O)n1C. The number of piperazine rings is 1. The lowest BCUT2D eigenvalue weighted by Crippen LogP contribution is -2.62. The normalized spacial score (nSPS) is 24.9. The van der Waals surface area contributed by atoms with Gasteiger partial charge in [0, 0.05) is 50.9 Å². The molecule has 25 heavy (non-hydrogen) atoms. The van der Waals surface area contributed by atoms with Gasteiger partial charge in [-0.15, -0.1) is 0 Å². The molecule has 2 fully saturated rings. The van der Waals surface area contributed by atoms with E-state index in [0.717, 1.165) is 25.1 Å². The number of nitrogens with zero attached hydrogens (tertiary/aromatic N) is 3. The molecular formula is C18H26N4O3. The largest absolute Gasteiger partial charge is 0.356 e. The first kappa shape index (κ1) is 17.7. The van der Waals surface area contributed by atoms with Gasteiger partial charge >= 0.3 is 0 Å². The molecule has 2 amide bonds. The maximum Gasteiger partial charge on any atom is 0.263 e. The van der Waals surface area contributed by atoms with Crippen LogP contribution < -0.4 is 10.9 Å². The van der Waals surface area contributed by atoms with Crippen LogP contribution in [0.3, 0.4) is 0 Å². The number of hydrogen-bond donors (Lipinski definition) is 1. The van der Waals surface area contributed by atoms with E-state index in [0.29, 0.717) is 26.1 Å². The lowest BCUT2D eigenvalue weighted by molar-refractivity contribution is -0.121. The molecule has 2 aliphatic rings. The summed E-state index contributed by atoms with van der Waals surface area (Å²) in [5.41, 5.74) is 0.583. The van der Waals surface area contributed by atoms with Crippen LogP contribution in [0, 0.1) is 6.92 Å². The predicted octanol–water partition coefficient (Wildman–Crippen LogP) is 0.120. The number of hydrogen-bond acceptors (Lipinski definition) is 4. The van der Waals surface area contributed by atoms with E-state index in [1.54, 1.807) is 24.1 Å². The first-order chi connectivity index (χ1) is 11.8. The first-order valence-corrected chi connectivity index (χ1v) is 8.78. The summed E-state index contributed by atoms with van der Waals surface area (Å²) in [6.45, 7) is 4.35. The summed E-state index contributed by atoms with van der Waals surface area (Å²) < 4.78 is 1.51. The van der Waals surface area contributed by atoms with Crippen LogP contribution in [0.5, 0.6) is 0 Å². The van der Waals surface area contributed by atoms with E-state index in [1.165, 1.54) is 4.57 Å². The van der Waals surface area contributed by atoms with Crippen LogP contribution in [-0.4, -0.2) is 64.9 Å². The Labute approximate surface area is 147 Å². The van der Waals surface area contributed by atoms with Crippen molar-refractivity contribution in [2.24, 2.45) is 7.05 Å². The Bertz CT molecular complexity index is 757. The molecule has 0 radical (unpaired) electrons. The van der Waals surface area contributed by atoms with E-state index < -0.39 is 0 Å². The number of nitrogens with one attached hydrogen (secondary N) is 1. The van der Waals surface area contributed by atoms with Crippen molar-refractivity contribution < 1.29 is 9.59 Å². The van der Waals surface area contributed by atoms with Gasteiger partial charge in [-0.1, -0.05) is 0 Å². The van der Waals surface area contributed by atoms with Crippen LogP contribution in [0.4, 0.5) is 0 Å². The number of pyridine rings is 1. The van der Waals surface area contributed by atoms with E-state index in [9.17, 15) is 14.4 Å². The second-order valence-electron chi connectivity index (χ2n) is 7.23. The van der Waals surface area contributed by atoms with Crippen molar-refractivity contribution >= 4 is 11.8 Å². The van der Waals surface area contributed by atoms with E-state index >= 15 is 0 Å². The highest BCUT2D eigenvalue weighted by Gasteiger charge is 2.42. The molecule has 0 unspecified atom stereocenters. The van der Waals surface area contributed by atoms with Crippen molar-refractivity contribution in [2.75, 3.05) is 33.2 Å². The van der Waals surface area contributed by atoms with E-state index in [-0.39, 0.29) is 28.5 Å². The van der Waals surface area contributed by atoms with Crippen LogP contribution in [0.2, 0.25) is 0 Å². The molecule has 7 nitrogen and oxygen atoms in total. The Morgan fingerprint density at radius 1 is 1.16 bits per heavy atom. The molecule has 1 aromatic heterocycles. The molecule has 2 aliphatic heterocycles. The molecule has 0 bridgehead atoms. The topological polar surface area (TPSA) is 74.7 Å². The number of carbonyl (C=O) groups is 2. The quantitative estimate of drug-likeness (QED) is 0.784. The third-order valence-corrected chi connectivity index (χ3v) is 5.80. The minimum absolute atomic E-state index is 0.0705. The summed E-state index contributed by atoms with van der Waals surface area (Å²) >= 11 is 0. The highest BCUT2D eigenvalue weighted by molar-refractivity contribution is 5.94. The molecule has 0 aromatic carbocycles. The molecule has 1 spiro atoms. The van der Waals surface area contributed by atoms with Gasteiger partial charge in [-0.05, 0) is 38.9 Å². The molecular weight excluding hydrogens is 320 g/mol. The second kappa shape index (κ2) is 6.63. The third kappa shape index (κ3) is 3.20. The minimum atomic E-state index is -0.254. The van der Waals surface area contributed by atoms with Gasteiger partial charge < -0.3 is 14.8 Å². The minimum Gasteiger partial charge on any atom is -0.356 e. The van der Waals surface area contributed by atoms with Gasteiger partial charge in [-0.3, -0.25) is 19.3 Å². The van der Waals surface area contributed by atoms with Crippen molar-refractivity contribution in [3.8, 4) is 0 Å². The molecule has 0 aliphatic carbocycles. The molecule has 1 atom stereocenters. The number of rotatable bonds is 1. The van der Waals surface area contributed by atoms with Gasteiger partial charge in [-0.25, -0.2) is 0 Å². The molecule has 136 valence electrons. The van der Waals surface area contributed by atoms with Crippen molar-refractivity contribution in [1.82, 2.24) is 19.7 Å². The smallest absolute Gasteiger partial charge is 0.263 e. The number of carbonyl (C=O) groups excluding carboxylic acids is 2. The molecule has 3 heterocycles. The van der Waals surface area contributed by atoms with Gasteiger partial charge in [0.15, 0.2) is 0 Å². The summed E-state index contributed by atoms with van der Waals surface area (Å²) in [5.74, 6) is -0.141. The number of amides is 2. The van der Waals surface area contributed by atoms with Gasteiger partial charge in [0.05, 0.1) is 0 Å². The van der Waals surface area contributed by atoms with Crippen molar-refractivity contribution in [2.45, 2.75) is 31.7 Å². The summed E-state index contributed by atoms with van der Waals surface area (Å²) in [6, 6.07) is 3.43. The fraction of sp³-hybridized carbons (Fsp3) is 0.611. The summed E-state index contributed by atoms with van der Waals surface area (Å²) in [4.78, 5) is 41.2. The monoisotopic (exact) mass is 346 g/mol. The van der Waals surface area contributed by atoms with Crippen LogP contribution in [0.15, 0.2) is 16.9 Å². The van der Waals surface area contributed by atoms with E-state index in [1.807, 2.05) is 6.92 Å². The zero-order chi connectivity index (χ0) is 18.2. The van der Waals surface area contributed by atoms with Crippen LogP contribution in [-0.2, 0) is 11.8 Å². The Balaban J connectivity index is 1.86. The van der Waals surface area contributed by atoms with E-state index in [2.05, 4.69) is 17.3 Å². The Kier molecular flexibility index (Phi) is 4.69. The third-order valence-electron chi connectivity index (χ3n) is 5.80. The standard InChI is InChI=1S/C18H26N4O3/c1-13-4-5-14(16(24)21(13)3)17(25)22-11-10-20(2)18(12-22)7-6-15(23)19-9-8-18/h4-5H,6-12H2,1-3H3,(H,19,23)/t18-/m1/s1. The fourth-order valence-electron chi connectivity index (χ4n) is 3.83. The average molecular weight is 346 g/mol. The Hall–Kier alpha value is -2.15. The average Bonchev–Trinajstić information content (AvgIpc) is 2.77. The molecule has 1 N–H and O–H groups in total. The summed E-state index contributed by atoms with van der Waals surface area (Å²) in [5, 5.41) is 2.91. The summed E-state index contributed by atoms with van der Waals surface area (Å²) in [7, 11) is 3.74. The van der Waals surface area contributed by atoms with Gasteiger partial charge in [0.1, 0.15) is 5.56 Å². The Morgan fingerprint density at radius 2 is 1.92 bits per heavy atom. The molecule has 1 aromatic rings. The van der Waals surface area contributed by atoms with E-state index in [4.69, 9.17) is 0 Å². The molecule has 0 saturated carbocycles. The van der Waals surface area contributed by atoms with Gasteiger partial charge in [0.25, 0.3) is 11.5 Å². The van der Waals surface area contributed by atoms with Crippen molar-refractivity contribution in [3.63, 3.8) is 0 Å². The molecule has 3 rings (SSSR count). The van der Waals surface area contributed by atoms with Crippen LogP contribution >= 0.6 is 0 Å². The van der Waals surface area contributed by atoms with Crippen LogP contribution in [0.25, 0.3) is 0 Å². The van der Waals surface area contributed by atoms with Crippen LogP contribution in [0.1, 0.15) is 35.3 Å². The maximum atomic E-state index is 13.0. The highest BCUT2D eigenvalue weighted by Crippen LogP contribution is 2.30. The maximum absolute atomic E-state index is 13.0. The second-order valence-corrected chi connectivity index (χ2v) is 7.23. The Morgan fingerprint density at radius 3 is 2.68 bits per heavy atom. The first-order valence-electron chi connectivity index (χ1n) is 8.78. The molecule has 7 heteroatoms. The number of aromatic nitrogens is 1. The van der Waals surface area contributed by atoms with Crippen molar-refractivity contribution in [3.05, 3.63) is 33.7 Å². The zero-order valence-electron chi connectivity index (χ0n) is 15.2. The number of aryl methyl sites for hydroxylation is 1. The highest BCUT2D eigenvalue weighted by atomic mass is 16.2. The predicted molar refractivity (Wildman–Crippen MR) is 94.5 cm³/mol.